The largest absolute Gasteiger partial charge is 0.465 e. The van der Waals surface area contributed by atoms with E-state index in [-0.39, 0.29) is 5.91 Å². The van der Waals surface area contributed by atoms with Gasteiger partial charge in [-0.05, 0) is 53.4 Å². The van der Waals surface area contributed by atoms with E-state index in [0.717, 1.165) is 15.6 Å². The first-order chi connectivity index (χ1) is 18.4. The SMILES string of the molecule is COC(=O)c1c(-c2ccncc2)csc1NC(=O)c1cc(-c2ccc(C(C)C)cc2)nc2ccc(Br)cc12. The van der Waals surface area contributed by atoms with Gasteiger partial charge in [-0.2, -0.15) is 0 Å². The van der Waals surface area contributed by atoms with E-state index in [1.54, 1.807) is 18.5 Å². The molecule has 0 saturated heterocycles. The average Bonchev–Trinajstić information content (AvgIpc) is 3.35. The Kier molecular flexibility index (Phi) is 7.35. The molecule has 3 aromatic heterocycles. The Balaban J connectivity index is 1.59. The number of rotatable bonds is 6. The van der Waals surface area contributed by atoms with E-state index in [4.69, 9.17) is 9.72 Å². The Labute approximate surface area is 232 Å². The number of amides is 1. The zero-order valence-corrected chi connectivity index (χ0v) is 23.4. The number of fused-ring (bicyclic) bond motifs is 1. The van der Waals surface area contributed by atoms with Crippen LogP contribution in [0.3, 0.4) is 0 Å². The molecule has 3 heterocycles. The second-order valence-corrected chi connectivity index (χ2v) is 10.8. The van der Waals surface area contributed by atoms with Crippen molar-refractivity contribution in [2.45, 2.75) is 19.8 Å². The van der Waals surface area contributed by atoms with Crippen molar-refractivity contribution >= 4 is 55.0 Å². The Morgan fingerprint density at radius 1 is 0.974 bits per heavy atom. The molecule has 0 aliphatic heterocycles. The first-order valence-electron chi connectivity index (χ1n) is 12.0. The van der Waals surface area contributed by atoms with Crippen LogP contribution in [-0.4, -0.2) is 29.0 Å². The average molecular weight is 587 g/mol. The van der Waals surface area contributed by atoms with Crippen LogP contribution in [0.25, 0.3) is 33.3 Å². The zero-order chi connectivity index (χ0) is 26.8. The zero-order valence-electron chi connectivity index (χ0n) is 21.0. The molecular weight excluding hydrogens is 562 g/mol. The molecule has 5 aromatic rings. The second kappa shape index (κ2) is 10.8. The molecule has 0 unspecified atom stereocenters. The number of carbonyl (C=O) groups is 2. The van der Waals surface area contributed by atoms with Gasteiger partial charge in [0.05, 0.1) is 23.9 Å². The first-order valence-corrected chi connectivity index (χ1v) is 13.6. The highest BCUT2D eigenvalue weighted by atomic mass is 79.9. The molecule has 0 atom stereocenters. The maximum absolute atomic E-state index is 13.8. The minimum absolute atomic E-state index is 0.307. The van der Waals surface area contributed by atoms with Crippen LogP contribution in [0.15, 0.2) is 82.9 Å². The molecule has 8 heteroatoms. The van der Waals surface area contributed by atoms with Gasteiger partial charge in [0.25, 0.3) is 5.91 Å². The second-order valence-electron chi connectivity index (χ2n) is 9.03. The maximum atomic E-state index is 13.8. The smallest absolute Gasteiger partial charge is 0.341 e. The van der Waals surface area contributed by atoms with E-state index >= 15 is 0 Å². The van der Waals surface area contributed by atoms with E-state index in [0.29, 0.717) is 44.2 Å². The van der Waals surface area contributed by atoms with E-state index in [1.165, 1.54) is 24.0 Å². The van der Waals surface area contributed by atoms with Crippen LogP contribution < -0.4 is 5.32 Å². The molecule has 0 spiro atoms. The molecule has 0 saturated carbocycles. The van der Waals surface area contributed by atoms with Crippen LogP contribution >= 0.6 is 27.3 Å². The summed E-state index contributed by atoms with van der Waals surface area (Å²) in [6, 6.07) is 19.3. The molecule has 1 amide bonds. The highest BCUT2D eigenvalue weighted by Gasteiger charge is 2.24. The molecule has 2 aromatic carbocycles. The fourth-order valence-corrected chi connectivity index (χ4v) is 5.56. The van der Waals surface area contributed by atoms with Crippen molar-refractivity contribution in [3.05, 3.63) is 99.6 Å². The molecule has 0 aliphatic rings. The molecule has 0 radical (unpaired) electrons. The lowest BCUT2D eigenvalue weighted by molar-refractivity contribution is 0.0603. The van der Waals surface area contributed by atoms with Gasteiger partial charge in [0.2, 0.25) is 0 Å². The lowest BCUT2D eigenvalue weighted by Gasteiger charge is -2.12. The van der Waals surface area contributed by atoms with Crippen LogP contribution in [-0.2, 0) is 4.74 Å². The van der Waals surface area contributed by atoms with Gasteiger partial charge in [-0.1, -0.05) is 54.0 Å². The molecular formula is C30H24BrN3O3S. The predicted molar refractivity (Wildman–Crippen MR) is 156 cm³/mol. The van der Waals surface area contributed by atoms with Crippen molar-refractivity contribution in [1.82, 2.24) is 9.97 Å². The quantitative estimate of drug-likeness (QED) is 0.204. The van der Waals surface area contributed by atoms with Gasteiger partial charge >= 0.3 is 5.97 Å². The summed E-state index contributed by atoms with van der Waals surface area (Å²) in [5.41, 5.74) is 5.78. The van der Waals surface area contributed by atoms with Crippen molar-refractivity contribution in [2.75, 3.05) is 12.4 Å². The molecule has 0 fully saturated rings. The summed E-state index contributed by atoms with van der Waals surface area (Å²) >= 11 is 4.79. The minimum atomic E-state index is -0.526. The number of ether oxygens (including phenoxy) is 1. The summed E-state index contributed by atoms with van der Waals surface area (Å²) in [7, 11) is 1.33. The molecule has 0 aliphatic carbocycles. The summed E-state index contributed by atoms with van der Waals surface area (Å²) in [6.07, 6.45) is 3.31. The number of aromatic nitrogens is 2. The molecule has 6 nitrogen and oxygen atoms in total. The summed E-state index contributed by atoms with van der Waals surface area (Å²) in [4.78, 5) is 35.4. The Bertz CT molecular complexity index is 1650. The van der Waals surface area contributed by atoms with Crippen LogP contribution in [0.4, 0.5) is 5.00 Å². The molecule has 0 bridgehead atoms. The van der Waals surface area contributed by atoms with Gasteiger partial charge in [-0.25, -0.2) is 9.78 Å². The standard InChI is InChI=1S/C30H24BrN3O3S/c1-17(2)18-4-6-20(7-5-18)26-15-23(22-14-21(31)8-9-25(22)33-26)28(35)34-29-27(30(36)37-3)24(16-38-29)19-10-12-32-13-11-19/h4-17H,1-3H3,(H,34,35). The maximum Gasteiger partial charge on any atom is 0.341 e. The highest BCUT2D eigenvalue weighted by Crippen LogP contribution is 2.37. The molecule has 5 rings (SSSR count). The third kappa shape index (κ3) is 5.10. The number of carbonyl (C=O) groups excluding carboxylic acids is 2. The predicted octanol–water partition coefficient (Wildman–Crippen LogP) is 7.95. The minimum Gasteiger partial charge on any atom is -0.465 e. The number of esters is 1. The summed E-state index contributed by atoms with van der Waals surface area (Å²) in [6.45, 7) is 4.30. The van der Waals surface area contributed by atoms with Crippen molar-refractivity contribution in [3.8, 4) is 22.4 Å². The number of methoxy groups -OCH3 is 1. The van der Waals surface area contributed by atoms with Gasteiger partial charge in [0, 0.05) is 38.8 Å². The van der Waals surface area contributed by atoms with Gasteiger partial charge < -0.3 is 10.1 Å². The van der Waals surface area contributed by atoms with Gasteiger partial charge in [0.1, 0.15) is 10.6 Å². The summed E-state index contributed by atoms with van der Waals surface area (Å²) < 4.78 is 5.89. The highest BCUT2D eigenvalue weighted by molar-refractivity contribution is 9.10. The van der Waals surface area contributed by atoms with Crippen molar-refractivity contribution in [2.24, 2.45) is 0 Å². The molecule has 190 valence electrons. The topological polar surface area (TPSA) is 81.2 Å². The van der Waals surface area contributed by atoms with Crippen LogP contribution in [0, 0.1) is 0 Å². The number of anilines is 1. The number of benzene rings is 2. The number of hydrogen-bond donors (Lipinski definition) is 1. The van der Waals surface area contributed by atoms with E-state index in [1.807, 2.05) is 47.8 Å². The van der Waals surface area contributed by atoms with Crippen molar-refractivity contribution in [1.29, 1.82) is 0 Å². The van der Waals surface area contributed by atoms with E-state index in [9.17, 15) is 9.59 Å². The lowest BCUT2D eigenvalue weighted by atomic mass is 9.99. The number of hydrogen-bond acceptors (Lipinski definition) is 6. The molecule has 1 N–H and O–H groups in total. The number of pyridine rings is 2. The monoisotopic (exact) mass is 585 g/mol. The van der Waals surface area contributed by atoms with Crippen LogP contribution in [0.5, 0.6) is 0 Å². The van der Waals surface area contributed by atoms with E-state index < -0.39 is 5.97 Å². The normalized spacial score (nSPS) is 11.1. The fraction of sp³-hybridized carbons (Fsp3) is 0.133. The third-order valence-corrected chi connectivity index (χ3v) is 7.68. The Morgan fingerprint density at radius 2 is 1.71 bits per heavy atom. The van der Waals surface area contributed by atoms with Crippen LogP contribution in [0.2, 0.25) is 0 Å². The Hall–Kier alpha value is -3.88. The third-order valence-electron chi connectivity index (χ3n) is 6.29. The summed E-state index contributed by atoms with van der Waals surface area (Å²) in [5.74, 6) is -0.454. The summed E-state index contributed by atoms with van der Waals surface area (Å²) in [5, 5.41) is 5.91. The number of thiophene rings is 1. The van der Waals surface area contributed by atoms with Gasteiger partial charge in [-0.15, -0.1) is 11.3 Å². The Morgan fingerprint density at radius 3 is 2.39 bits per heavy atom. The van der Waals surface area contributed by atoms with E-state index in [2.05, 4.69) is 52.2 Å². The first kappa shape index (κ1) is 25.8. The lowest BCUT2D eigenvalue weighted by Crippen LogP contribution is -2.15. The number of nitrogens with zero attached hydrogens (tertiary/aromatic N) is 2. The van der Waals surface area contributed by atoms with Gasteiger partial charge in [-0.3, -0.25) is 9.78 Å². The van der Waals surface area contributed by atoms with Crippen molar-refractivity contribution in [3.63, 3.8) is 0 Å². The number of nitrogens with one attached hydrogen (secondary N) is 1. The molecule has 38 heavy (non-hydrogen) atoms. The number of halogens is 1. The van der Waals surface area contributed by atoms with Crippen molar-refractivity contribution < 1.29 is 14.3 Å². The van der Waals surface area contributed by atoms with Gasteiger partial charge in [0.15, 0.2) is 0 Å². The van der Waals surface area contributed by atoms with Crippen LogP contribution in [0.1, 0.15) is 46.0 Å². The fourth-order valence-electron chi connectivity index (χ4n) is 4.24.